The summed E-state index contributed by atoms with van der Waals surface area (Å²) in [6.07, 6.45) is 7.74. The molecule has 0 radical (unpaired) electrons. The van der Waals surface area contributed by atoms with E-state index in [0.717, 1.165) is 29.7 Å². The standard InChI is InChI=1S/C26H33N5O2/c1-26(2,3)11-15-30-12-8-20(9-13-30)23-16-22-10-14-31(24(22)27-17-23)18-19-4-6-21(7-5-19)25(32)28-29-33/h4-7,10,14,16-17,20H,8-9,11-13,15,18H2,1-3H3,(H,28,32,33). The van der Waals surface area contributed by atoms with Crippen molar-refractivity contribution in [3.05, 3.63) is 70.4 Å². The highest BCUT2D eigenvalue weighted by Gasteiger charge is 2.22. The van der Waals surface area contributed by atoms with Crippen molar-refractivity contribution < 1.29 is 4.79 Å². The Hall–Kier alpha value is -3.06. The second kappa shape index (κ2) is 9.83. The maximum atomic E-state index is 11.7. The normalized spacial score (nSPS) is 15.6. The number of hydrogen-bond donors (Lipinski definition) is 1. The van der Waals surface area contributed by atoms with Gasteiger partial charge in [-0.05, 0) is 85.6 Å². The number of likely N-dealkylation sites (tertiary alicyclic amines) is 1. The Balaban J connectivity index is 1.39. The van der Waals surface area contributed by atoms with Gasteiger partial charge in [0.1, 0.15) is 5.65 Å². The Morgan fingerprint density at radius 2 is 1.88 bits per heavy atom. The first kappa shape index (κ1) is 23.1. The Morgan fingerprint density at radius 1 is 1.15 bits per heavy atom. The Morgan fingerprint density at radius 3 is 2.55 bits per heavy atom. The van der Waals surface area contributed by atoms with Crippen LogP contribution in [-0.4, -0.2) is 40.0 Å². The van der Waals surface area contributed by atoms with Gasteiger partial charge in [0, 0.05) is 29.9 Å². The lowest BCUT2D eigenvalue weighted by Crippen LogP contribution is -2.35. The fraction of sp³-hybridized carbons (Fsp3) is 0.462. The number of piperidine rings is 1. The number of pyridine rings is 1. The summed E-state index contributed by atoms with van der Waals surface area (Å²) < 4.78 is 2.12. The van der Waals surface area contributed by atoms with E-state index in [1.807, 2.05) is 23.8 Å². The smallest absolute Gasteiger partial charge is 0.273 e. The van der Waals surface area contributed by atoms with E-state index in [1.54, 1.807) is 12.1 Å². The minimum absolute atomic E-state index is 0.392. The van der Waals surface area contributed by atoms with Crippen LogP contribution in [0.2, 0.25) is 0 Å². The molecule has 1 saturated heterocycles. The molecule has 1 aliphatic rings. The maximum absolute atomic E-state index is 11.7. The first-order valence-corrected chi connectivity index (χ1v) is 11.7. The molecular weight excluding hydrogens is 414 g/mol. The molecule has 0 unspecified atom stereocenters. The van der Waals surface area contributed by atoms with Crippen molar-refractivity contribution in [3.63, 3.8) is 0 Å². The highest BCUT2D eigenvalue weighted by Crippen LogP contribution is 2.30. The largest absolute Gasteiger partial charge is 0.328 e. The van der Waals surface area contributed by atoms with Crippen LogP contribution in [0, 0.1) is 10.3 Å². The number of nitroso groups, excluding NO2 is 1. The first-order chi connectivity index (χ1) is 15.8. The van der Waals surface area contributed by atoms with Gasteiger partial charge in [-0.1, -0.05) is 32.9 Å². The van der Waals surface area contributed by atoms with E-state index in [-0.39, 0.29) is 0 Å². The average Bonchev–Trinajstić information content (AvgIpc) is 3.20. The summed E-state index contributed by atoms with van der Waals surface area (Å²) in [5.41, 5.74) is 6.07. The SMILES string of the molecule is CC(C)(C)CCN1CCC(c2cnc3c(ccn3Cc3ccc(C(=O)NN=O)cc3)c2)CC1. The lowest BCUT2D eigenvalue weighted by atomic mass is 9.88. The van der Waals surface area contributed by atoms with E-state index in [1.165, 1.54) is 31.4 Å². The number of carbonyl (C=O) groups excluding carboxylic acids is 1. The average molecular weight is 448 g/mol. The monoisotopic (exact) mass is 447 g/mol. The van der Waals surface area contributed by atoms with E-state index >= 15 is 0 Å². The zero-order valence-corrected chi connectivity index (χ0v) is 19.8. The minimum Gasteiger partial charge on any atom is -0.328 e. The van der Waals surface area contributed by atoms with Gasteiger partial charge in [-0.15, -0.1) is 4.91 Å². The highest BCUT2D eigenvalue weighted by molar-refractivity contribution is 5.93. The second-order valence-corrected chi connectivity index (χ2v) is 10.3. The van der Waals surface area contributed by atoms with Crippen LogP contribution < -0.4 is 5.43 Å². The van der Waals surface area contributed by atoms with Crippen molar-refractivity contribution in [1.29, 1.82) is 0 Å². The number of benzene rings is 1. The van der Waals surface area contributed by atoms with Crippen molar-refractivity contribution in [2.24, 2.45) is 10.7 Å². The molecule has 0 bridgehead atoms. The molecule has 7 heteroatoms. The summed E-state index contributed by atoms with van der Waals surface area (Å²) in [6, 6.07) is 11.6. The van der Waals surface area contributed by atoms with Crippen LogP contribution in [0.15, 0.2) is 54.1 Å². The van der Waals surface area contributed by atoms with Gasteiger partial charge in [-0.3, -0.25) is 4.79 Å². The molecule has 2 aromatic heterocycles. The third kappa shape index (κ3) is 5.85. The summed E-state index contributed by atoms with van der Waals surface area (Å²) in [5, 5.41) is 3.59. The molecule has 3 aromatic rings. The van der Waals surface area contributed by atoms with Gasteiger partial charge in [-0.25, -0.2) is 10.4 Å². The van der Waals surface area contributed by atoms with Crippen LogP contribution in [0.4, 0.5) is 0 Å². The lowest BCUT2D eigenvalue weighted by molar-refractivity contribution is 0.0954. The number of amides is 1. The van der Waals surface area contributed by atoms with Crippen molar-refractivity contribution >= 4 is 16.9 Å². The molecule has 0 spiro atoms. The summed E-state index contributed by atoms with van der Waals surface area (Å²) in [7, 11) is 0. The van der Waals surface area contributed by atoms with Gasteiger partial charge < -0.3 is 9.47 Å². The quantitative estimate of drug-likeness (QED) is 0.403. The first-order valence-electron chi connectivity index (χ1n) is 11.7. The van der Waals surface area contributed by atoms with Gasteiger partial charge in [0.2, 0.25) is 0 Å². The van der Waals surface area contributed by atoms with Gasteiger partial charge in [0.15, 0.2) is 0 Å². The second-order valence-electron chi connectivity index (χ2n) is 10.3. The zero-order valence-electron chi connectivity index (χ0n) is 19.8. The van der Waals surface area contributed by atoms with E-state index in [4.69, 9.17) is 4.98 Å². The van der Waals surface area contributed by atoms with Crippen LogP contribution in [0.1, 0.15) is 67.4 Å². The van der Waals surface area contributed by atoms with Crippen molar-refractivity contribution in [1.82, 2.24) is 19.9 Å². The van der Waals surface area contributed by atoms with E-state index in [9.17, 15) is 9.70 Å². The fourth-order valence-corrected chi connectivity index (χ4v) is 4.49. The van der Waals surface area contributed by atoms with Crippen molar-refractivity contribution in [2.45, 2.75) is 52.5 Å². The van der Waals surface area contributed by atoms with E-state index in [0.29, 0.717) is 23.4 Å². The van der Waals surface area contributed by atoms with Gasteiger partial charge in [0.05, 0.1) is 5.29 Å². The molecule has 1 amide bonds. The number of nitrogens with zero attached hydrogens (tertiary/aromatic N) is 4. The molecule has 1 aliphatic heterocycles. The molecule has 7 nitrogen and oxygen atoms in total. The fourth-order valence-electron chi connectivity index (χ4n) is 4.49. The van der Waals surface area contributed by atoms with Crippen molar-refractivity contribution in [2.75, 3.05) is 19.6 Å². The van der Waals surface area contributed by atoms with Crippen molar-refractivity contribution in [3.8, 4) is 0 Å². The number of rotatable bonds is 7. The van der Waals surface area contributed by atoms with Crippen LogP contribution in [0.25, 0.3) is 11.0 Å². The molecule has 4 rings (SSSR count). The molecule has 0 aliphatic carbocycles. The van der Waals surface area contributed by atoms with Gasteiger partial charge in [-0.2, -0.15) is 0 Å². The van der Waals surface area contributed by atoms with E-state index < -0.39 is 5.91 Å². The number of nitrogens with one attached hydrogen (secondary N) is 1. The number of hydrogen-bond acceptors (Lipinski definition) is 5. The van der Waals surface area contributed by atoms with E-state index in [2.05, 4.69) is 53.9 Å². The molecule has 0 atom stereocenters. The Kier molecular flexibility index (Phi) is 6.88. The molecule has 3 heterocycles. The molecule has 1 N–H and O–H groups in total. The van der Waals surface area contributed by atoms with Crippen LogP contribution in [0.5, 0.6) is 0 Å². The third-order valence-electron chi connectivity index (χ3n) is 6.58. The molecule has 33 heavy (non-hydrogen) atoms. The molecule has 1 fully saturated rings. The number of fused-ring (bicyclic) bond motifs is 1. The minimum atomic E-state index is -0.503. The topological polar surface area (TPSA) is 79.6 Å². The summed E-state index contributed by atoms with van der Waals surface area (Å²) in [5.74, 6) is 0.0767. The molecule has 0 saturated carbocycles. The number of aromatic nitrogens is 2. The summed E-state index contributed by atoms with van der Waals surface area (Å²) in [6.45, 7) is 11.1. The molecule has 1 aromatic carbocycles. The zero-order chi connectivity index (χ0) is 23.4. The number of carbonyl (C=O) groups is 1. The summed E-state index contributed by atoms with van der Waals surface area (Å²) >= 11 is 0. The summed E-state index contributed by atoms with van der Waals surface area (Å²) in [4.78, 5) is 29.3. The van der Waals surface area contributed by atoms with Gasteiger partial charge >= 0.3 is 0 Å². The third-order valence-corrected chi connectivity index (χ3v) is 6.58. The Bertz CT molecular complexity index is 1110. The van der Waals surface area contributed by atoms with Crippen LogP contribution >= 0.6 is 0 Å². The van der Waals surface area contributed by atoms with Crippen LogP contribution in [-0.2, 0) is 6.54 Å². The maximum Gasteiger partial charge on any atom is 0.273 e. The highest BCUT2D eigenvalue weighted by atomic mass is 16.3. The predicted octanol–water partition coefficient (Wildman–Crippen LogP) is 5.11. The lowest BCUT2D eigenvalue weighted by Gasteiger charge is -2.33. The Labute approximate surface area is 195 Å². The molecular formula is C26H33N5O2. The predicted molar refractivity (Wildman–Crippen MR) is 131 cm³/mol. The van der Waals surface area contributed by atoms with Crippen LogP contribution in [0.3, 0.4) is 0 Å². The van der Waals surface area contributed by atoms with Gasteiger partial charge in [0.25, 0.3) is 5.91 Å². The molecule has 174 valence electrons.